The van der Waals surface area contributed by atoms with Gasteiger partial charge >= 0.3 is 0 Å². The predicted octanol–water partition coefficient (Wildman–Crippen LogP) is 0.660. The van der Waals surface area contributed by atoms with Crippen molar-refractivity contribution in [2.45, 2.75) is 18.5 Å². The largest absolute Gasteiger partial charge is 0.599 e. The topological polar surface area (TPSA) is 38.4 Å². The molecule has 0 aromatic heterocycles. The van der Waals surface area contributed by atoms with Gasteiger partial charge in [-0.1, -0.05) is 10.9 Å². The van der Waals surface area contributed by atoms with Gasteiger partial charge in [0.15, 0.2) is 0 Å². The lowest BCUT2D eigenvalue weighted by Gasteiger charge is -1.98. The van der Waals surface area contributed by atoms with Gasteiger partial charge in [0.25, 0.3) is 0 Å². The van der Waals surface area contributed by atoms with Gasteiger partial charge in [-0.3, -0.25) is 0 Å². The summed E-state index contributed by atoms with van der Waals surface area (Å²) in [5.41, 5.74) is 0. The minimum Gasteiger partial charge on any atom is -0.599 e. The fourth-order valence-corrected chi connectivity index (χ4v) is 1.14. The number of fused-ring (bicyclic) bond motifs is 2. The maximum atomic E-state index is 10.5. The number of hydroxylamine groups is 1. The zero-order chi connectivity index (χ0) is 5.56. The molecule has 0 radical (unpaired) electrons. The third-order valence-electron chi connectivity index (χ3n) is 1.58. The van der Waals surface area contributed by atoms with E-state index in [-0.39, 0.29) is 12.1 Å². The van der Waals surface area contributed by atoms with Crippen LogP contribution < -0.4 is 0 Å². The Morgan fingerprint density at radius 1 is 1.62 bits per heavy atom. The van der Waals surface area contributed by atoms with Gasteiger partial charge in [0.05, 0.1) is 0 Å². The molecule has 2 rings (SSSR count). The van der Waals surface area contributed by atoms with Crippen molar-refractivity contribution in [2.75, 3.05) is 0 Å². The first kappa shape index (κ1) is 4.06. The Bertz CT molecular complexity index is 173. The molecule has 2 unspecified atom stereocenters. The van der Waals surface area contributed by atoms with Gasteiger partial charge in [-0.2, -0.15) is 0 Å². The lowest BCUT2D eigenvalue weighted by atomic mass is 10.2. The average Bonchev–Trinajstić information content (AvgIpc) is 2.23. The van der Waals surface area contributed by atoms with E-state index in [0.717, 1.165) is 11.3 Å². The average molecular weight is 110 g/mol. The molecule has 3 nitrogen and oxygen atoms in total. The Morgan fingerprint density at radius 2 is 2.50 bits per heavy atom. The van der Waals surface area contributed by atoms with Crippen LogP contribution in [0.4, 0.5) is 0 Å². The fraction of sp³-hybridized carbons (Fsp3) is 0.600. The molecule has 0 amide bonds. The smallest absolute Gasteiger partial charge is 0.210 e. The van der Waals surface area contributed by atoms with Gasteiger partial charge in [-0.25, -0.2) is 0 Å². The van der Waals surface area contributed by atoms with E-state index in [4.69, 9.17) is 0 Å². The van der Waals surface area contributed by atoms with Crippen molar-refractivity contribution in [3.63, 3.8) is 0 Å². The Labute approximate surface area is 46.9 Å². The van der Waals surface area contributed by atoms with Crippen LogP contribution in [0.25, 0.3) is 0 Å². The molecule has 0 N–H and O–H groups in total. The van der Waals surface area contributed by atoms with Crippen LogP contribution >= 0.6 is 0 Å². The molecule has 0 saturated heterocycles. The Balaban J connectivity index is 2.36. The van der Waals surface area contributed by atoms with E-state index in [1.807, 2.05) is 12.2 Å². The normalized spacial score (nSPS) is 40.8. The number of hydrogen-bond donors (Lipinski definition) is 0. The second-order valence-electron chi connectivity index (χ2n) is 2.17. The van der Waals surface area contributed by atoms with Crippen LogP contribution in [0.5, 0.6) is 0 Å². The van der Waals surface area contributed by atoms with E-state index in [2.05, 4.69) is 5.11 Å². The molecule has 0 fully saturated rings. The lowest BCUT2D eigenvalue weighted by molar-refractivity contribution is -0.542. The SMILES string of the molecule is [O-][N+]1=NC2C=CC1C2. The highest BCUT2D eigenvalue weighted by Crippen LogP contribution is 2.23. The molecule has 1 aliphatic heterocycles. The maximum Gasteiger partial charge on any atom is 0.210 e. The van der Waals surface area contributed by atoms with Crippen LogP contribution in [0.2, 0.25) is 0 Å². The summed E-state index contributed by atoms with van der Waals surface area (Å²) in [7, 11) is 0. The highest BCUT2D eigenvalue weighted by molar-refractivity contribution is 5.08. The van der Waals surface area contributed by atoms with Gasteiger partial charge < -0.3 is 5.21 Å². The third kappa shape index (κ3) is 0.338. The molecule has 0 aromatic carbocycles. The Morgan fingerprint density at radius 3 is 2.75 bits per heavy atom. The summed E-state index contributed by atoms with van der Waals surface area (Å²) in [6.07, 6.45) is 4.81. The summed E-state index contributed by atoms with van der Waals surface area (Å²) in [6, 6.07) is 0.275. The molecule has 2 aliphatic rings. The predicted molar refractivity (Wildman–Crippen MR) is 27.4 cm³/mol. The second kappa shape index (κ2) is 1.10. The highest BCUT2D eigenvalue weighted by atomic mass is 16.5. The van der Waals surface area contributed by atoms with E-state index in [9.17, 15) is 5.21 Å². The van der Waals surface area contributed by atoms with Gasteiger partial charge in [-0.15, -0.1) is 0 Å². The first-order chi connectivity index (χ1) is 3.86. The zero-order valence-corrected chi connectivity index (χ0v) is 4.32. The van der Waals surface area contributed by atoms with Gasteiger partial charge in [-0.05, 0) is 11.2 Å². The zero-order valence-electron chi connectivity index (χ0n) is 4.32. The number of nitrogens with zero attached hydrogens (tertiary/aromatic N) is 2. The van der Waals surface area contributed by atoms with Crippen LogP contribution in [0.1, 0.15) is 6.42 Å². The van der Waals surface area contributed by atoms with Gasteiger partial charge in [0, 0.05) is 6.42 Å². The standard InChI is InChI=1S/C5H6N2O/c8-7-5-2-1-4(3-5)6-7/h1-2,4-5H,3H2. The summed E-state index contributed by atoms with van der Waals surface area (Å²) >= 11 is 0. The number of hydrogen-bond acceptors (Lipinski definition) is 2. The van der Waals surface area contributed by atoms with E-state index in [0.29, 0.717) is 0 Å². The fourth-order valence-electron chi connectivity index (χ4n) is 1.14. The van der Waals surface area contributed by atoms with Crippen molar-refractivity contribution in [3.8, 4) is 0 Å². The molecule has 0 spiro atoms. The summed E-state index contributed by atoms with van der Waals surface area (Å²) in [6.45, 7) is 0. The summed E-state index contributed by atoms with van der Waals surface area (Å²) in [5.74, 6) is 0. The molecule has 2 bridgehead atoms. The van der Waals surface area contributed by atoms with E-state index in [1.165, 1.54) is 0 Å². The second-order valence-corrected chi connectivity index (χ2v) is 2.17. The van der Waals surface area contributed by atoms with Crippen molar-refractivity contribution >= 4 is 0 Å². The van der Waals surface area contributed by atoms with Crippen molar-refractivity contribution in [1.82, 2.24) is 0 Å². The monoisotopic (exact) mass is 110 g/mol. The lowest BCUT2D eigenvalue weighted by Crippen LogP contribution is -2.09. The van der Waals surface area contributed by atoms with Crippen molar-refractivity contribution in [3.05, 3.63) is 17.4 Å². The quantitative estimate of drug-likeness (QED) is 0.256. The van der Waals surface area contributed by atoms with Crippen molar-refractivity contribution in [2.24, 2.45) is 5.11 Å². The molecule has 3 heteroatoms. The minimum atomic E-state index is 0.0694. The molecule has 8 heavy (non-hydrogen) atoms. The number of rotatable bonds is 0. The van der Waals surface area contributed by atoms with Crippen molar-refractivity contribution in [1.29, 1.82) is 0 Å². The molecule has 0 saturated carbocycles. The van der Waals surface area contributed by atoms with E-state index >= 15 is 0 Å². The van der Waals surface area contributed by atoms with Crippen LogP contribution in [-0.2, 0) is 0 Å². The first-order valence-electron chi connectivity index (χ1n) is 2.72. The maximum absolute atomic E-state index is 10.5. The highest BCUT2D eigenvalue weighted by Gasteiger charge is 2.33. The van der Waals surface area contributed by atoms with Gasteiger partial charge in [0.2, 0.25) is 6.04 Å². The number of azo groups is 1. The third-order valence-corrected chi connectivity index (χ3v) is 1.58. The van der Waals surface area contributed by atoms with E-state index < -0.39 is 0 Å². The van der Waals surface area contributed by atoms with Crippen LogP contribution in [0.3, 0.4) is 0 Å². The van der Waals surface area contributed by atoms with Gasteiger partial charge in [0.1, 0.15) is 6.04 Å². The minimum absolute atomic E-state index is 0.0694. The molecule has 1 heterocycles. The van der Waals surface area contributed by atoms with E-state index in [1.54, 1.807) is 0 Å². The van der Waals surface area contributed by atoms with Crippen LogP contribution in [-0.4, -0.2) is 16.9 Å². The molecular weight excluding hydrogens is 104 g/mol. The first-order valence-corrected chi connectivity index (χ1v) is 2.72. The summed E-state index contributed by atoms with van der Waals surface area (Å²) in [5, 5.41) is 14.3. The molecule has 0 aromatic rings. The molecule has 2 atom stereocenters. The molecule has 1 aliphatic carbocycles. The van der Waals surface area contributed by atoms with Crippen molar-refractivity contribution < 1.29 is 4.86 Å². The van der Waals surface area contributed by atoms with Crippen LogP contribution in [0, 0.1) is 5.21 Å². The Kier molecular flexibility index (Phi) is 0.559. The summed E-state index contributed by atoms with van der Waals surface area (Å²) < 4.78 is 0. The van der Waals surface area contributed by atoms with Crippen LogP contribution in [0.15, 0.2) is 17.3 Å². The summed E-state index contributed by atoms with van der Waals surface area (Å²) in [4.78, 5) is 0.796. The molecular formula is C5H6N2O. The molecule has 42 valence electrons. The Hall–Kier alpha value is -0.860.